The van der Waals surface area contributed by atoms with Crippen molar-refractivity contribution in [2.45, 2.75) is 12.8 Å². The van der Waals surface area contributed by atoms with E-state index in [0.717, 1.165) is 24.3 Å². The zero-order valence-corrected chi connectivity index (χ0v) is 10.6. The minimum Gasteiger partial charge on any atom is -0.457 e. The largest absolute Gasteiger partial charge is 0.457 e. The van der Waals surface area contributed by atoms with Crippen LogP contribution in [0.5, 0.6) is 11.5 Å². The third-order valence-electron chi connectivity index (χ3n) is 2.70. The molecule has 0 saturated carbocycles. The Kier molecular flexibility index (Phi) is 4.91. The Morgan fingerprint density at radius 3 is 2.32 bits per heavy atom. The normalized spacial score (nSPS) is 9.68. The Labute approximate surface area is 112 Å². The maximum atomic E-state index is 9.93. The van der Waals surface area contributed by atoms with E-state index >= 15 is 0 Å². The van der Waals surface area contributed by atoms with Gasteiger partial charge < -0.3 is 4.74 Å². The third kappa shape index (κ3) is 4.41. The molecule has 0 atom stereocenters. The van der Waals surface area contributed by atoms with E-state index in [-0.39, 0.29) is 0 Å². The number of carbonyl (C=O) groups excluding carboxylic acids is 1. The monoisotopic (exact) mass is 253 g/mol. The molecule has 0 radical (unpaired) electrons. The predicted octanol–water partition coefficient (Wildman–Crippen LogP) is 3.75. The van der Waals surface area contributed by atoms with Crippen LogP contribution in [0.4, 0.5) is 0 Å². The number of rotatable bonds is 6. The van der Waals surface area contributed by atoms with Crippen LogP contribution in [0.3, 0.4) is 0 Å². The van der Waals surface area contributed by atoms with Crippen molar-refractivity contribution in [2.24, 2.45) is 4.99 Å². The Morgan fingerprint density at radius 2 is 1.63 bits per heavy atom. The second-order valence-corrected chi connectivity index (χ2v) is 4.14. The van der Waals surface area contributed by atoms with Gasteiger partial charge in [0.25, 0.3) is 0 Å². The molecular weight excluding hydrogens is 238 g/mol. The van der Waals surface area contributed by atoms with Crippen molar-refractivity contribution >= 4 is 6.08 Å². The van der Waals surface area contributed by atoms with Gasteiger partial charge in [-0.05, 0) is 42.7 Å². The molecule has 96 valence electrons. The van der Waals surface area contributed by atoms with E-state index in [1.165, 1.54) is 5.56 Å². The summed E-state index contributed by atoms with van der Waals surface area (Å²) >= 11 is 0. The maximum Gasteiger partial charge on any atom is 0.234 e. The fraction of sp³-hybridized carbons (Fsp3) is 0.188. The molecule has 0 saturated heterocycles. The molecule has 2 rings (SSSR count). The number of aliphatic imine (C=N–C) groups is 1. The highest BCUT2D eigenvalue weighted by molar-refractivity contribution is 5.33. The summed E-state index contributed by atoms with van der Waals surface area (Å²) in [6.07, 6.45) is 3.30. The molecule has 0 fully saturated rings. The van der Waals surface area contributed by atoms with Crippen molar-refractivity contribution in [3.63, 3.8) is 0 Å². The number of aryl methyl sites for hydroxylation is 1. The first-order valence-corrected chi connectivity index (χ1v) is 6.24. The van der Waals surface area contributed by atoms with Crippen LogP contribution in [0.1, 0.15) is 12.0 Å². The quantitative estimate of drug-likeness (QED) is 0.447. The van der Waals surface area contributed by atoms with E-state index in [1.807, 2.05) is 54.6 Å². The molecule has 0 aromatic heterocycles. The van der Waals surface area contributed by atoms with E-state index in [9.17, 15) is 4.79 Å². The zero-order valence-electron chi connectivity index (χ0n) is 10.6. The summed E-state index contributed by atoms with van der Waals surface area (Å²) in [7, 11) is 0. The van der Waals surface area contributed by atoms with Crippen LogP contribution >= 0.6 is 0 Å². The third-order valence-corrected chi connectivity index (χ3v) is 2.70. The topological polar surface area (TPSA) is 38.7 Å². The first-order valence-electron chi connectivity index (χ1n) is 6.24. The minimum absolute atomic E-state index is 0.533. The summed E-state index contributed by atoms with van der Waals surface area (Å²) in [6.45, 7) is 0.533. The van der Waals surface area contributed by atoms with Crippen LogP contribution in [-0.2, 0) is 11.2 Å². The van der Waals surface area contributed by atoms with Crippen molar-refractivity contribution in [3.8, 4) is 11.5 Å². The van der Waals surface area contributed by atoms with Gasteiger partial charge in [-0.3, -0.25) is 0 Å². The fourth-order valence-electron chi connectivity index (χ4n) is 1.76. The smallest absolute Gasteiger partial charge is 0.234 e. The molecule has 0 aliphatic rings. The highest BCUT2D eigenvalue weighted by Gasteiger charge is 1.97. The molecule has 2 aromatic rings. The standard InChI is InChI=1S/C16H15NO2/c18-13-17-12-4-5-14-8-10-16(11-9-14)19-15-6-2-1-3-7-15/h1-3,6-11H,4-5,12H2. The summed E-state index contributed by atoms with van der Waals surface area (Å²) in [5, 5.41) is 0. The molecule has 0 N–H and O–H groups in total. The van der Waals surface area contributed by atoms with Crippen LogP contribution in [0.25, 0.3) is 0 Å². The van der Waals surface area contributed by atoms with Gasteiger partial charge in [-0.25, -0.2) is 9.79 Å². The first kappa shape index (κ1) is 13.1. The van der Waals surface area contributed by atoms with Gasteiger partial charge in [-0.1, -0.05) is 30.3 Å². The van der Waals surface area contributed by atoms with Gasteiger partial charge in [0.1, 0.15) is 11.5 Å². The molecule has 0 heterocycles. The lowest BCUT2D eigenvalue weighted by atomic mass is 10.1. The van der Waals surface area contributed by atoms with Gasteiger partial charge in [0.05, 0.1) is 6.54 Å². The van der Waals surface area contributed by atoms with Crippen molar-refractivity contribution in [1.29, 1.82) is 0 Å². The number of benzene rings is 2. The summed E-state index contributed by atoms with van der Waals surface area (Å²) in [5.74, 6) is 1.65. The lowest BCUT2D eigenvalue weighted by molar-refractivity contribution is 0.482. The second-order valence-electron chi connectivity index (χ2n) is 4.14. The van der Waals surface area contributed by atoms with Crippen LogP contribution < -0.4 is 4.74 Å². The van der Waals surface area contributed by atoms with Crippen molar-refractivity contribution in [3.05, 3.63) is 60.2 Å². The Balaban J connectivity index is 1.89. The average molecular weight is 253 g/mol. The SMILES string of the molecule is O=C=NCCCc1ccc(Oc2ccccc2)cc1. The summed E-state index contributed by atoms with van der Waals surface area (Å²) < 4.78 is 5.71. The number of hydrogen-bond acceptors (Lipinski definition) is 3. The van der Waals surface area contributed by atoms with Crippen LogP contribution in [0.15, 0.2) is 59.6 Å². The maximum absolute atomic E-state index is 9.93. The number of isocyanates is 1. The van der Waals surface area contributed by atoms with E-state index in [2.05, 4.69) is 4.99 Å². The summed E-state index contributed by atoms with van der Waals surface area (Å²) in [5.41, 5.74) is 1.21. The molecule has 0 unspecified atom stereocenters. The Morgan fingerprint density at radius 1 is 0.947 bits per heavy atom. The van der Waals surface area contributed by atoms with E-state index in [1.54, 1.807) is 6.08 Å². The molecule has 3 nitrogen and oxygen atoms in total. The van der Waals surface area contributed by atoms with E-state index in [0.29, 0.717) is 6.54 Å². The summed E-state index contributed by atoms with van der Waals surface area (Å²) in [6, 6.07) is 17.6. The number of nitrogens with zero attached hydrogens (tertiary/aromatic N) is 1. The van der Waals surface area contributed by atoms with Crippen LogP contribution in [-0.4, -0.2) is 12.6 Å². The Bertz CT molecular complexity index is 543. The average Bonchev–Trinajstić information content (AvgIpc) is 2.46. The second kappa shape index (κ2) is 7.14. The Hall–Kier alpha value is -2.38. The van der Waals surface area contributed by atoms with Crippen molar-refractivity contribution in [2.75, 3.05) is 6.54 Å². The number of para-hydroxylation sites is 1. The van der Waals surface area contributed by atoms with Gasteiger partial charge in [0.2, 0.25) is 6.08 Å². The first-order chi connectivity index (χ1) is 9.38. The molecule has 19 heavy (non-hydrogen) atoms. The molecule has 2 aromatic carbocycles. The van der Waals surface area contributed by atoms with Gasteiger partial charge in [0, 0.05) is 0 Å². The van der Waals surface area contributed by atoms with Gasteiger partial charge in [0.15, 0.2) is 0 Å². The van der Waals surface area contributed by atoms with Gasteiger partial charge in [-0.2, -0.15) is 0 Å². The van der Waals surface area contributed by atoms with Crippen molar-refractivity contribution in [1.82, 2.24) is 0 Å². The lowest BCUT2D eigenvalue weighted by Crippen LogP contribution is -1.89. The molecular formula is C16H15NO2. The fourth-order valence-corrected chi connectivity index (χ4v) is 1.76. The lowest BCUT2D eigenvalue weighted by Gasteiger charge is -2.06. The molecule has 3 heteroatoms. The molecule has 0 aliphatic carbocycles. The highest BCUT2D eigenvalue weighted by atomic mass is 16.5. The molecule has 0 bridgehead atoms. The van der Waals surface area contributed by atoms with Crippen molar-refractivity contribution < 1.29 is 9.53 Å². The molecule has 0 amide bonds. The number of hydrogen-bond donors (Lipinski definition) is 0. The van der Waals surface area contributed by atoms with E-state index < -0.39 is 0 Å². The van der Waals surface area contributed by atoms with Crippen LogP contribution in [0.2, 0.25) is 0 Å². The summed E-state index contributed by atoms with van der Waals surface area (Å²) in [4.78, 5) is 13.5. The highest BCUT2D eigenvalue weighted by Crippen LogP contribution is 2.21. The minimum atomic E-state index is 0.533. The van der Waals surface area contributed by atoms with Gasteiger partial charge in [-0.15, -0.1) is 0 Å². The van der Waals surface area contributed by atoms with Crippen LogP contribution in [0, 0.1) is 0 Å². The zero-order chi connectivity index (χ0) is 13.3. The number of ether oxygens (including phenoxy) is 1. The van der Waals surface area contributed by atoms with Gasteiger partial charge >= 0.3 is 0 Å². The molecule has 0 aliphatic heterocycles. The molecule has 0 spiro atoms. The predicted molar refractivity (Wildman–Crippen MR) is 74.3 cm³/mol. The van der Waals surface area contributed by atoms with E-state index in [4.69, 9.17) is 4.74 Å².